The van der Waals surface area contributed by atoms with Crippen LogP contribution in [0.2, 0.25) is 0 Å². The van der Waals surface area contributed by atoms with Crippen LogP contribution in [0.25, 0.3) is 0 Å². The van der Waals surface area contributed by atoms with Crippen molar-refractivity contribution >= 4 is 17.9 Å². The number of carbonyl (C=O) groups is 3. The zero-order valence-corrected chi connectivity index (χ0v) is 15.3. The van der Waals surface area contributed by atoms with E-state index in [1.165, 1.54) is 0 Å². The quantitative estimate of drug-likeness (QED) is 0.381. The summed E-state index contributed by atoms with van der Waals surface area (Å²) in [5, 5.41) is 8.49. The number of esters is 2. The van der Waals surface area contributed by atoms with Crippen LogP contribution in [-0.2, 0) is 23.9 Å². The molecule has 0 unspecified atom stereocenters. The molecule has 0 radical (unpaired) electrons. The maximum Gasteiger partial charge on any atom is 0.311 e. The van der Waals surface area contributed by atoms with E-state index in [9.17, 15) is 14.4 Å². The standard InChI is InChI=1S/C18H32O6/c1-4-18(2,3)17(22)24-14-10-6-8-12-16(21)23-13-9-5-7-11-15(19)20/h4-14H2,1-3H3,(H,19,20). The van der Waals surface area contributed by atoms with Gasteiger partial charge in [-0.25, -0.2) is 0 Å². The van der Waals surface area contributed by atoms with E-state index in [-0.39, 0.29) is 18.4 Å². The molecule has 0 bridgehead atoms. The fourth-order valence-electron chi connectivity index (χ4n) is 1.87. The van der Waals surface area contributed by atoms with Gasteiger partial charge in [0.1, 0.15) is 0 Å². The molecule has 0 aliphatic rings. The summed E-state index contributed by atoms with van der Waals surface area (Å²) < 4.78 is 10.3. The summed E-state index contributed by atoms with van der Waals surface area (Å²) in [6.45, 7) is 6.43. The summed E-state index contributed by atoms with van der Waals surface area (Å²) in [4.78, 5) is 33.6. The molecule has 0 rings (SSSR count). The maximum atomic E-state index is 11.7. The lowest BCUT2D eigenvalue weighted by Gasteiger charge is -2.20. The van der Waals surface area contributed by atoms with E-state index in [4.69, 9.17) is 14.6 Å². The first-order chi connectivity index (χ1) is 11.3. The number of carboxylic acid groups (broad SMARTS) is 1. The predicted octanol–water partition coefficient (Wildman–Crippen LogP) is 3.71. The molecule has 0 saturated heterocycles. The third kappa shape index (κ3) is 11.9. The van der Waals surface area contributed by atoms with Crippen molar-refractivity contribution in [2.24, 2.45) is 5.41 Å². The van der Waals surface area contributed by atoms with Gasteiger partial charge in [-0.3, -0.25) is 14.4 Å². The van der Waals surface area contributed by atoms with Gasteiger partial charge in [-0.15, -0.1) is 0 Å². The van der Waals surface area contributed by atoms with E-state index >= 15 is 0 Å². The second-order valence-electron chi connectivity index (χ2n) is 6.61. The number of unbranched alkanes of at least 4 members (excludes halogenated alkanes) is 4. The highest BCUT2D eigenvalue weighted by Crippen LogP contribution is 2.21. The number of carboxylic acids is 1. The minimum absolute atomic E-state index is 0.161. The zero-order chi connectivity index (χ0) is 18.4. The lowest BCUT2D eigenvalue weighted by molar-refractivity contribution is -0.154. The van der Waals surface area contributed by atoms with Crippen LogP contribution in [0.3, 0.4) is 0 Å². The van der Waals surface area contributed by atoms with Crippen molar-refractivity contribution in [2.75, 3.05) is 13.2 Å². The lowest BCUT2D eigenvalue weighted by atomic mass is 9.91. The molecule has 0 saturated carbocycles. The highest BCUT2D eigenvalue weighted by Gasteiger charge is 2.26. The summed E-state index contributed by atoms with van der Waals surface area (Å²) in [7, 11) is 0. The second-order valence-corrected chi connectivity index (χ2v) is 6.61. The number of rotatable bonds is 14. The molecular weight excluding hydrogens is 312 g/mol. The van der Waals surface area contributed by atoms with Gasteiger partial charge in [0, 0.05) is 12.8 Å². The molecule has 6 nitrogen and oxygen atoms in total. The lowest BCUT2D eigenvalue weighted by Crippen LogP contribution is -2.26. The maximum absolute atomic E-state index is 11.7. The minimum atomic E-state index is -0.795. The van der Waals surface area contributed by atoms with Crippen molar-refractivity contribution in [3.63, 3.8) is 0 Å². The average Bonchev–Trinajstić information content (AvgIpc) is 2.53. The summed E-state index contributed by atoms with van der Waals surface area (Å²) in [5.41, 5.74) is -0.436. The van der Waals surface area contributed by atoms with Crippen molar-refractivity contribution in [1.82, 2.24) is 0 Å². The third-order valence-corrected chi connectivity index (χ3v) is 3.99. The van der Waals surface area contributed by atoms with Crippen LogP contribution < -0.4 is 0 Å². The van der Waals surface area contributed by atoms with Crippen molar-refractivity contribution in [2.45, 2.75) is 78.6 Å². The fourth-order valence-corrected chi connectivity index (χ4v) is 1.87. The van der Waals surface area contributed by atoms with E-state index in [0.717, 1.165) is 25.7 Å². The molecule has 24 heavy (non-hydrogen) atoms. The van der Waals surface area contributed by atoms with Gasteiger partial charge in [-0.1, -0.05) is 6.92 Å². The molecule has 0 heterocycles. The normalized spacial score (nSPS) is 11.1. The molecule has 140 valence electrons. The van der Waals surface area contributed by atoms with Crippen LogP contribution in [0.4, 0.5) is 0 Å². The molecular formula is C18H32O6. The topological polar surface area (TPSA) is 89.9 Å². The zero-order valence-electron chi connectivity index (χ0n) is 15.3. The van der Waals surface area contributed by atoms with Gasteiger partial charge in [0.05, 0.1) is 18.6 Å². The summed E-state index contributed by atoms with van der Waals surface area (Å²) in [5.74, 6) is -1.19. The van der Waals surface area contributed by atoms with Crippen LogP contribution in [0.1, 0.15) is 78.6 Å². The Hall–Kier alpha value is -1.59. The predicted molar refractivity (Wildman–Crippen MR) is 90.6 cm³/mol. The van der Waals surface area contributed by atoms with E-state index in [2.05, 4.69) is 0 Å². The van der Waals surface area contributed by atoms with Gasteiger partial charge in [0.25, 0.3) is 0 Å². The SMILES string of the molecule is CCC(C)(C)C(=O)OCCCCCC(=O)OCCCCCC(=O)O. The average molecular weight is 344 g/mol. The van der Waals surface area contributed by atoms with Gasteiger partial charge >= 0.3 is 17.9 Å². The van der Waals surface area contributed by atoms with Gasteiger partial charge in [0.15, 0.2) is 0 Å². The number of aliphatic carboxylic acids is 1. The van der Waals surface area contributed by atoms with Crippen LogP contribution in [-0.4, -0.2) is 36.2 Å². The van der Waals surface area contributed by atoms with E-state index in [1.54, 1.807) is 0 Å². The van der Waals surface area contributed by atoms with E-state index in [1.807, 2.05) is 20.8 Å². The first-order valence-corrected chi connectivity index (χ1v) is 8.84. The Morgan fingerprint density at radius 1 is 0.833 bits per heavy atom. The van der Waals surface area contributed by atoms with Gasteiger partial charge in [0.2, 0.25) is 0 Å². The van der Waals surface area contributed by atoms with Crippen LogP contribution in [0, 0.1) is 5.41 Å². The van der Waals surface area contributed by atoms with Crippen LogP contribution >= 0.6 is 0 Å². The molecule has 0 aromatic carbocycles. The molecule has 6 heteroatoms. The van der Waals surface area contributed by atoms with Crippen LogP contribution in [0.15, 0.2) is 0 Å². The van der Waals surface area contributed by atoms with Crippen molar-refractivity contribution < 1.29 is 29.0 Å². The Kier molecular flexibility index (Phi) is 11.9. The molecule has 0 atom stereocenters. The number of ether oxygens (including phenoxy) is 2. The third-order valence-electron chi connectivity index (χ3n) is 3.99. The number of hydrogen-bond donors (Lipinski definition) is 1. The molecule has 0 aliphatic carbocycles. The Labute approximate surface area is 144 Å². The smallest absolute Gasteiger partial charge is 0.311 e. The molecule has 0 spiro atoms. The van der Waals surface area contributed by atoms with E-state index < -0.39 is 11.4 Å². The summed E-state index contributed by atoms with van der Waals surface area (Å²) >= 11 is 0. The molecule has 0 amide bonds. The number of carbonyl (C=O) groups excluding carboxylic acids is 2. The Bertz CT molecular complexity index is 389. The van der Waals surface area contributed by atoms with Crippen LogP contribution in [0.5, 0.6) is 0 Å². The largest absolute Gasteiger partial charge is 0.481 e. The van der Waals surface area contributed by atoms with Gasteiger partial charge in [-0.2, -0.15) is 0 Å². The highest BCUT2D eigenvalue weighted by molar-refractivity contribution is 5.75. The van der Waals surface area contributed by atoms with Gasteiger partial charge in [-0.05, 0) is 58.8 Å². The Morgan fingerprint density at radius 2 is 1.38 bits per heavy atom. The molecule has 0 aromatic rings. The van der Waals surface area contributed by atoms with Crippen molar-refractivity contribution in [1.29, 1.82) is 0 Å². The van der Waals surface area contributed by atoms with Crippen molar-refractivity contribution in [3.8, 4) is 0 Å². The molecule has 0 fully saturated rings. The Morgan fingerprint density at radius 3 is 1.92 bits per heavy atom. The summed E-state index contributed by atoms with van der Waals surface area (Å²) in [6, 6.07) is 0. The molecule has 1 N–H and O–H groups in total. The Balaban J connectivity index is 3.47. The monoisotopic (exact) mass is 344 g/mol. The first kappa shape index (κ1) is 22.4. The van der Waals surface area contributed by atoms with Gasteiger partial charge < -0.3 is 14.6 Å². The number of hydrogen-bond acceptors (Lipinski definition) is 5. The fraction of sp³-hybridized carbons (Fsp3) is 0.833. The highest BCUT2D eigenvalue weighted by atomic mass is 16.5. The minimum Gasteiger partial charge on any atom is -0.481 e. The molecule has 0 aromatic heterocycles. The molecule has 0 aliphatic heterocycles. The van der Waals surface area contributed by atoms with E-state index in [0.29, 0.717) is 38.9 Å². The first-order valence-electron chi connectivity index (χ1n) is 8.84. The second kappa shape index (κ2) is 12.8. The van der Waals surface area contributed by atoms with Crippen molar-refractivity contribution in [3.05, 3.63) is 0 Å². The summed E-state index contributed by atoms with van der Waals surface area (Å²) in [6.07, 6.45) is 5.60.